The molecule has 0 atom stereocenters. The van der Waals surface area contributed by atoms with Crippen LogP contribution in [-0.4, -0.2) is 13.1 Å². The lowest BCUT2D eigenvalue weighted by Crippen LogP contribution is -2.20. The maximum Gasteiger partial charge on any atom is 0.0471 e. The predicted molar refractivity (Wildman–Crippen MR) is 88.0 cm³/mol. The molecule has 0 heterocycles. The smallest absolute Gasteiger partial charge is 0.0471 e. The van der Waals surface area contributed by atoms with Crippen molar-refractivity contribution in [3.8, 4) is 0 Å². The molecular formula is C17H21ClN2. The number of hydrogen-bond donors (Lipinski definition) is 1. The van der Waals surface area contributed by atoms with Crippen LogP contribution in [0.1, 0.15) is 19.4 Å². The SMILES string of the molecule is CCNCc1c(Cl)cccc1N(CC)c1ccccc1. The monoisotopic (exact) mass is 288 g/mol. The highest BCUT2D eigenvalue weighted by atomic mass is 35.5. The van der Waals surface area contributed by atoms with Crippen molar-refractivity contribution in [1.82, 2.24) is 5.32 Å². The van der Waals surface area contributed by atoms with Crippen molar-refractivity contribution >= 4 is 23.0 Å². The molecule has 0 bridgehead atoms. The summed E-state index contributed by atoms with van der Waals surface area (Å²) in [5.41, 5.74) is 3.52. The van der Waals surface area contributed by atoms with Crippen LogP contribution < -0.4 is 10.2 Å². The Morgan fingerprint density at radius 1 is 1.00 bits per heavy atom. The fraction of sp³-hybridized carbons (Fsp3) is 0.294. The van der Waals surface area contributed by atoms with E-state index in [4.69, 9.17) is 11.6 Å². The zero-order chi connectivity index (χ0) is 14.4. The van der Waals surface area contributed by atoms with Gasteiger partial charge in [0.25, 0.3) is 0 Å². The average molecular weight is 289 g/mol. The Balaban J connectivity index is 2.41. The van der Waals surface area contributed by atoms with Crippen LogP contribution in [0.4, 0.5) is 11.4 Å². The zero-order valence-electron chi connectivity index (χ0n) is 12.1. The van der Waals surface area contributed by atoms with Crippen LogP contribution in [0.3, 0.4) is 0 Å². The van der Waals surface area contributed by atoms with Crippen molar-refractivity contribution in [2.24, 2.45) is 0 Å². The van der Waals surface area contributed by atoms with E-state index in [9.17, 15) is 0 Å². The van der Waals surface area contributed by atoms with Gasteiger partial charge in [-0.25, -0.2) is 0 Å². The molecule has 2 rings (SSSR count). The molecule has 0 aromatic heterocycles. The van der Waals surface area contributed by atoms with Gasteiger partial charge >= 0.3 is 0 Å². The van der Waals surface area contributed by atoms with Crippen LogP contribution in [0.15, 0.2) is 48.5 Å². The maximum atomic E-state index is 6.39. The van der Waals surface area contributed by atoms with E-state index >= 15 is 0 Å². The molecule has 2 nitrogen and oxygen atoms in total. The first-order valence-electron chi connectivity index (χ1n) is 7.08. The van der Waals surface area contributed by atoms with E-state index in [2.05, 4.69) is 54.4 Å². The third-order valence-corrected chi connectivity index (χ3v) is 3.67. The molecule has 0 amide bonds. The number of hydrogen-bond acceptors (Lipinski definition) is 2. The Bertz CT molecular complexity index is 540. The largest absolute Gasteiger partial charge is 0.341 e. The van der Waals surface area contributed by atoms with E-state index in [0.29, 0.717) is 0 Å². The standard InChI is InChI=1S/C17H21ClN2/c1-3-19-13-15-16(18)11-8-12-17(15)20(4-2)14-9-6-5-7-10-14/h5-12,19H,3-4,13H2,1-2H3. The third kappa shape index (κ3) is 3.33. The van der Waals surface area contributed by atoms with Crippen molar-refractivity contribution in [1.29, 1.82) is 0 Å². The average Bonchev–Trinajstić information content (AvgIpc) is 2.48. The summed E-state index contributed by atoms with van der Waals surface area (Å²) in [7, 11) is 0. The van der Waals surface area contributed by atoms with Crippen LogP contribution >= 0.6 is 11.6 Å². The third-order valence-electron chi connectivity index (χ3n) is 3.32. The normalized spacial score (nSPS) is 10.6. The molecule has 0 saturated heterocycles. The molecule has 0 radical (unpaired) electrons. The summed E-state index contributed by atoms with van der Waals surface area (Å²) >= 11 is 6.39. The molecule has 2 aromatic rings. The first kappa shape index (κ1) is 14.9. The molecule has 3 heteroatoms. The minimum absolute atomic E-state index is 0.787. The highest BCUT2D eigenvalue weighted by Gasteiger charge is 2.13. The van der Waals surface area contributed by atoms with Gasteiger partial charge in [0.1, 0.15) is 0 Å². The molecule has 0 aliphatic heterocycles. The minimum atomic E-state index is 0.787. The second kappa shape index (κ2) is 7.32. The minimum Gasteiger partial charge on any atom is -0.341 e. The number of nitrogens with one attached hydrogen (secondary N) is 1. The van der Waals surface area contributed by atoms with Crippen molar-refractivity contribution in [3.63, 3.8) is 0 Å². The topological polar surface area (TPSA) is 15.3 Å². The first-order chi connectivity index (χ1) is 9.77. The van der Waals surface area contributed by atoms with E-state index in [1.807, 2.05) is 18.2 Å². The maximum absolute atomic E-state index is 6.39. The first-order valence-corrected chi connectivity index (χ1v) is 7.46. The summed E-state index contributed by atoms with van der Waals surface area (Å²) in [6.45, 7) is 6.89. The number of halogens is 1. The van der Waals surface area contributed by atoms with Gasteiger partial charge in [-0.1, -0.05) is 42.8 Å². The lowest BCUT2D eigenvalue weighted by molar-refractivity contribution is 0.725. The summed E-state index contributed by atoms with van der Waals surface area (Å²) in [5, 5.41) is 4.18. The fourth-order valence-electron chi connectivity index (χ4n) is 2.33. The van der Waals surface area contributed by atoms with Crippen LogP contribution in [0, 0.1) is 0 Å². The fourth-order valence-corrected chi connectivity index (χ4v) is 2.56. The summed E-state index contributed by atoms with van der Waals surface area (Å²) < 4.78 is 0. The summed E-state index contributed by atoms with van der Waals surface area (Å²) in [5.74, 6) is 0. The Morgan fingerprint density at radius 2 is 1.75 bits per heavy atom. The predicted octanol–water partition coefficient (Wildman–Crippen LogP) is 4.61. The highest BCUT2D eigenvalue weighted by Crippen LogP contribution is 2.32. The van der Waals surface area contributed by atoms with Gasteiger partial charge in [0.2, 0.25) is 0 Å². The molecular weight excluding hydrogens is 268 g/mol. The molecule has 0 spiro atoms. The van der Waals surface area contributed by atoms with Crippen LogP contribution in [0.5, 0.6) is 0 Å². The van der Waals surface area contributed by atoms with Gasteiger partial charge < -0.3 is 10.2 Å². The number of rotatable bonds is 6. The van der Waals surface area contributed by atoms with Crippen molar-refractivity contribution in [2.75, 3.05) is 18.0 Å². The summed E-state index contributed by atoms with van der Waals surface area (Å²) in [6, 6.07) is 16.5. The molecule has 106 valence electrons. The zero-order valence-corrected chi connectivity index (χ0v) is 12.8. The summed E-state index contributed by atoms with van der Waals surface area (Å²) in [4.78, 5) is 2.29. The van der Waals surface area contributed by atoms with Gasteiger partial charge in [0.15, 0.2) is 0 Å². The van der Waals surface area contributed by atoms with Gasteiger partial charge in [-0.2, -0.15) is 0 Å². The van der Waals surface area contributed by atoms with Crippen molar-refractivity contribution in [2.45, 2.75) is 20.4 Å². The lowest BCUT2D eigenvalue weighted by atomic mass is 10.1. The van der Waals surface area contributed by atoms with Gasteiger partial charge in [0, 0.05) is 35.1 Å². The lowest BCUT2D eigenvalue weighted by Gasteiger charge is -2.26. The Morgan fingerprint density at radius 3 is 2.40 bits per heavy atom. The quantitative estimate of drug-likeness (QED) is 0.835. The van der Waals surface area contributed by atoms with E-state index in [1.54, 1.807) is 0 Å². The van der Waals surface area contributed by atoms with Crippen molar-refractivity contribution in [3.05, 3.63) is 59.1 Å². The summed E-state index contributed by atoms with van der Waals surface area (Å²) in [6.07, 6.45) is 0. The second-order valence-corrected chi connectivity index (χ2v) is 5.00. The molecule has 1 N–H and O–H groups in total. The van der Waals surface area contributed by atoms with Crippen LogP contribution in [0.2, 0.25) is 5.02 Å². The Hall–Kier alpha value is -1.51. The molecule has 20 heavy (non-hydrogen) atoms. The van der Waals surface area contributed by atoms with Crippen LogP contribution in [-0.2, 0) is 6.54 Å². The number of para-hydroxylation sites is 1. The number of benzene rings is 2. The van der Waals surface area contributed by atoms with E-state index in [1.165, 1.54) is 11.4 Å². The van der Waals surface area contributed by atoms with Crippen molar-refractivity contribution < 1.29 is 0 Å². The molecule has 0 fully saturated rings. The Labute approximate surface area is 126 Å². The molecule has 0 unspecified atom stereocenters. The molecule has 2 aromatic carbocycles. The van der Waals surface area contributed by atoms with E-state index in [0.717, 1.165) is 30.2 Å². The second-order valence-electron chi connectivity index (χ2n) is 4.60. The van der Waals surface area contributed by atoms with Gasteiger partial charge in [0.05, 0.1) is 0 Å². The van der Waals surface area contributed by atoms with E-state index < -0.39 is 0 Å². The van der Waals surface area contributed by atoms with Gasteiger partial charge in [-0.15, -0.1) is 0 Å². The molecule has 0 saturated carbocycles. The number of nitrogens with zero attached hydrogens (tertiary/aromatic N) is 1. The van der Waals surface area contributed by atoms with Gasteiger partial charge in [-0.05, 0) is 37.7 Å². The van der Waals surface area contributed by atoms with E-state index in [-0.39, 0.29) is 0 Å². The van der Waals surface area contributed by atoms with Crippen LogP contribution in [0.25, 0.3) is 0 Å². The van der Waals surface area contributed by atoms with Gasteiger partial charge in [-0.3, -0.25) is 0 Å². The molecule has 0 aliphatic carbocycles. The highest BCUT2D eigenvalue weighted by molar-refractivity contribution is 6.31. The number of anilines is 2. The molecule has 0 aliphatic rings. The Kier molecular flexibility index (Phi) is 5.45.